The van der Waals surface area contributed by atoms with Crippen LogP contribution in [0.2, 0.25) is 0 Å². The zero-order valence-corrected chi connectivity index (χ0v) is 13.2. The van der Waals surface area contributed by atoms with Crippen LogP contribution in [0.5, 0.6) is 0 Å². The zero-order valence-electron chi connectivity index (χ0n) is 13.2. The lowest BCUT2D eigenvalue weighted by atomic mass is 10.1. The molecule has 2 aromatic heterocycles. The molecule has 1 N–H and O–H groups in total. The van der Waals surface area contributed by atoms with E-state index in [2.05, 4.69) is 15.4 Å². The summed E-state index contributed by atoms with van der Waals surface area (Å²) in [4.78, 5) is 30.5. The van der Waals surface area contributed by atoms with Gasteiger partial charge in [-0.3, -0.25) is 19.3 Å². The van der Waals surface area contributed by atoms with Gasteiger partial charge in [0.25, 0.3) is 0 Å². The van der Waals surface area contributed by atoms with Gasteiger partial charge in [0.05, 0.1) is 11.7 Å². The molecule has 2 aromatic rings. The fourth-order valence-electron chi connectivity index (χ4n) is 2.91. The highest BCUT2D eigenvalue weighted by Crippen LogP contribution is 2.11. The molecule has 0 aromatic carbocycles. The van der Waals surface area contributed by atoms with Crippen molar-refractivity contribution in [2.75, 3.05) is 13.1 Å². The zero-order chi connectivity index (χ0) is 16.2. The van der Waals surface area contributed by atoms with E-state index < -0.39 is 6.04 Å². The van der Waals surface area contributed by atoms with E-state index in [4.69, 9.17) is 0 Å². The monoisotopic (exact) mass is 315 g/mol. The molecule has 0 unspecified atom stereocenters. The van der Waals surface area contributed by atoms with E-state index in [9.17, 15) is 9.59 Å². The van der Waals surface area contributed by atoms with E-state index in [1.165, 1.54) is 6.42 Å². The smallest absolute Gasteiger partial charge is 0.244 e. The van der Waals surface area contributed by atoms with E-state index in [1.807, 2.05) is 11.0 Å². The molecule has 0 bridgehead atoms. The quantitative estimate of drug-likeness (QED) is 0.911. The molecule has 1 aliphatic heterocycles. The predicted molar refractivity (Wildman–Crippen MR) is 85.6 cm³/mol. The van der Waals surface area contributed by atoms with Crippen LogP contribution < -0.4 is 5.32 Å². The SMILES string of the molecule is C[C@H](NC(=O)Cn1ncc2ncccc21)C(=O)N1CCCCC1. The van der Waals surface area contributed by atoms with Gasteiger partial charge in [-0.25, -0.2) is 0 Å². The Morgan fingerprint density at radius 3 is 2.87 bits per heavy atom. The molecule has 3 heterocycles. The summed E-state index contributed by atoms with van der Waals surface area (Å²) in [6, 6.07) is 3.16. The fourth-order valence-corrected chi connectivity index (χ4v) is 2.91. The molecule has 23 heavy (non-hydrogen) atoms. The second-order valence-electron chi connectivity index (χ2n) is 5.89. The topological polar surface area (TPSA) is 80.1 Å². The molecule has 1 aliphatic rings. The van der Waals surface area contributed by atoms with E-state index in [1.54, 1.807) is 30.1 Å². The first-order valence-electron chi connectivity index (χ1n) is 8.00. The number of pyridine rings is 1. The summed E-state index contributed by atoms with van der Waals surface area (Å²) in [5.74, 6) is -0.234. The van der Waals surface area contributed by atoms with Crippen molar-refractivity contribution in [3.05, 3.63) is 24.5 Å². The number of likely N-dealkylation sites (tertiary alicyclic amines) is 1. The summed E-state index contributed by atoms with van der Waals surface area (Å²) in [6.07, 6.45) is 6.57. The highest BCUT2D eigenvalue weighted by Gasteiger charge is 2.23. The molecule has 0 saturated carbocycles. The van der Waals surface area contributed by atoms with Gasteiger partial charge in [0, 0.05) is 19.3 Å². The maximum atomic E-state index is 12.3. The lowest BCUT2D eigenvalue weighted by molar-refractivity contribution is -0.136. The first-order chi connectivity index (χ1) is 11.1. The van der Waals surface area contributed by atoms with Crippen molar-refractivity contribution in [2.45, 2.75) is 38.8 Å². The molecule has 0 radical (unpaired) electrons. The Morgan fingerprint density at radius 2 is 2.09 bits per heavy atom. The molecule has 2 amide bonds. The van der Waals surface area contributed by atoms with Gasteiger partial charge in [-0.1, -0.05) is 0 Å². The van der Waals surface area contributed by atoms with Crippen LogP contribution >= 0.6 is 0 Å². The van der Waals surface area contributed by atoms with Crippen molar-refractivity contribution in [3.8, 4) is 0 Å². The summed E-state index contributed by atoms with van der Waals surface area (Å²) in [5.41, 5.74) is 1.55. The highest BCUT2D eigenvalue weighted by atomic mass is 16.2. The van der Waals surface area contributed by atoms with Crippen LogP contribution in [0.4, 0.5) is 0 Å². The number of fused-ring (bicyclic) bond motifs is 1. The number of nitrogens with zero attached hydrogens (tertiary/aromatic N) is 4. The molecule has 1 atom stereocenters. The van der Waals surface area contributed by atoms with Crippen LogP contribution in [0.15, 0.2) is 24.5 Å². The number of aromatic nitrogens is 3. The summed E-state index contributed by atoms with van der Waals surface area (Å²) in [7, 11) is 0. The van der Waals surface area contributed by atoms with Gasteiger partial charge < -0.3 is 10.2 Å². The van der Waals surface area contributed by atoms with Crippen LogP contribution in [-0.4, -0.2) is 50.6 Å². The summed E-state index contributed by atoms with van der Waals surface area (Å²) in [6.45, 7) is 3.38. The molecule has 122 valence electrons. The summed E-state index contributed by atoms with van der Waals surface area (Å²) in [5, 5.41) is 6.94. The summed E-state index contributed by atoms with van der Waals surface area (Å²) < 4.78 is 1.59. The highest BCUT2D eigenvalue weighted by molar-refractivity contribution is 5.87. The standard InChI is InChI=1S/C16H21N5O2/c1-12(16(23)20-8-3-2-4-9-20)19-15(22)11-21-14-6-5-7-17-13(14)10-18-21/h5-7,10,12H,2-4,8-9,11H2,1H3,(H,19,22)/t12-/m0/s1. The third-order valence-electron chi connectivity index (χ3n) is 4.12. The van der Waals surface area contributed by atoms with Gasteiger partial charge in [0.1, 0.15) is 18.1 Å². The van der Waals surface area contributed by atoms with Crippen molar-refractivity contribution < 1.29 is 9.59 Å². The van der Waals surface area contributed by atoms with E-state index >= 15 is 0 Å². The molecule has 1 saturated heterocycles. The van der Waals surface area contributed by atoms with Crippen LogP contribution in [0.25, 0.3) is 11.0 Å². The Hall–Kier alpha value is -2.44. The largest absolute Gasteiger partial charge is 0.343 e. The minimum Gasteiger partial charge on any atom is -0.343 e. The summed E-state index contributed by atoms with van der Waals surface area (Å²) >= 11 is 0. The maximum absolute atomic E-state index is 12.3. The number of piperidine rings is 1. The molecule has 1 fully saturated rings. The third kappa shape index (κ3) is 3.49. The van der Waals surface area contributed by atoms with Crippen molar-refractivity contribution in [1.82, 2.24) is 25.0 Å². The average Bonchev–Trinajstić information content (AvgIpc) is 2.98. The molecule has 7 nitrogen and oxygen atoms in total. The number of hydrogen-bond acceptors (Lipinski definition) is 4. The van der Waals surface area contributed by atoms with Crippen molar-refractivity contribution in [2.24, 2.45) is 0 Å². The number of carbonyl (C=O) groups is 2. The van der Waals surface area contributed by atoms with Crippen LogP contribution in [0, 0.1) is 0 Å². The minimum atomic E-state index is -0.513. The molecular formula is C16H21N5O2. The van der Waals surface area contributed by atoms with Gasteiger partial charge in [0.2, 0.25) is 11.8 Å². The minimum absolute atomic E-state index is 0.00922. The maximum Gasteiger partial charge on any atom is 0.244 e. The van der Waals surface area contributed by atoms with E-state index in [0.29, 0.717) is 0 Å². The normalized spacial score (nSPS) is 16.3. The average molecular weight is 315 g/mol. The molecule has 0 spiro atoms. The first-order valence-corrected chi connectivity index (χ1v) is 8.00. The van der Waals surface area contributed by atoms with Crippen molar-refractivity contribution in [1.29, 1.82) is 0 Å². The Kier molecular flexibility index (Phi) is 4.55. The van der Waals surface area contributed by atoms with Crippen LogP contribution in [-0.2, 0) is 16.1 Å². The van der Waals surface area contributed by atoms with Gasteiger partial charge in [-0.15, -0.1) is 0 Å². The third-order valence-corrected chi connectivity index (χ3v) is 4.12. The molecule has 3 rings (SSSR count). The van der Waals surface area contributed by atoms with Gasteiger partial charge in [-0.2, -0.15) is 5.10 Å². The molecule has 7 heteroatoms. The number of carbonyl (C=O) groups excluding carboxylic acids is 2. The Bertz CT molecular complexity index is 705. The van der Waals surface area contributed by atoms with Crippen LogP contribution in [0.3, 0.4) is 0 Å². The molecule has 0 aliphatic carbocycles. The van der Waals surface area contributed by atoms with Gasteiger partial charge >= 0.3 is 0 Å². The number of rotatable bonds is 4. The van der Waals surface area contributed by atoms with E-state index in [-0.39, 0.29) is 18.4 Å². The Labute approximate surface area is 134 Å². The van der Waals surface area contributed by atoms with Gasteiger partial charge in [0.15, 0.2) is 0 Å². The second-order valence-corrected chi connectivity index (χ2v) is 5.89. The Balaban J connectivity index is 1.59. The number of amides is 2. The van der Waals surface area contributed by atoms with E-state index in [0.717, 1.165) is 37.0 Å². The lowest BCUT2D eigenvalue weighted by Crippen LogP contribution is -2.49. The Morgan fingerprint density at radius 1 is 1.30 bits per heavy atom. The second kappa shape index (κ2) is 6.76. The molecular weight excluding hydrogens is 294 g/mol. The predicted octanol–water partition coefficient (Wildman–Crippen LogP) is 0.948. The van der Waals surface area contributed by atoms with Crippen LogP contribution in [0.1, 0.15) is 26.2 Å². The van der Waals surface area contributed by atoms with Crippen molar-refractivity contribution in [3.63, 3.8) is 0 Å². The van der Waals surface area contributed by atoms with Gasteiger partial charge in [-0.05, 0) is 38.3 Å². The lowest BCUT2D eigenvalue weighted by Gasteiger charge is -2.29. The first kappa shape index (κ1) is 15.5. The van der Waals surface area contributed by atoms with Crippen molar-refractivity contribution >= 4 is 22.8 Å². The number of nitrogens with one attached hydrogen (secondary N) is 1. The fraction of sp³-hybridized carbons (Fsp3) is 0.500. The number of hydrogen-bond donors (Lipinski definition) is 1.